The minimum absolute atomic E-state index is 0.808. The lowest BCUT2D eigenvalue weighted by atomic mass is 10.2. The molecule has 0 spiro atoms. The summed E-state index contributed by atoms with van der Waals surface area (Å²) in [6.07, 6.45) is 3.91. The lowest BCUT2D eigenvalue weighted by molar-refractivity contribution is -0.689. The van der Waals surface area contributed by atoms with Crippen LogP contribution < -0.4 is 4.57 Å². The van der Waals surface area contributed by atoms with Crippen LogP contribution in [0.15, 0.2) is 73.3 Å². The van der Waals surface area contributed by atoms with Crippen molar-refractivity contribution in [3.05, 3.63) is 84.4 Å². The molecule has 0 saturated heterocycles. The molecule has 0 unspecified atom stereocenters. The van der Waals surface area contributed by atoms with Crippen molar-refractivity contribution in [2.45, 2.75) is 13.1 Å². The highest BCUT2D eigenvalue weighted by atomic mass is 15.3. The van der Waals surface area contributed by atoms with E-state index in [9.17, 15) is 0 Å². The molecule has 19 heavy (non-hydrogen) atoms. The summed E-state index contributed by atoms with van der Waals surface area (Å²) in [4.78, 5) is 0. The number of aromatic nitrogens is 3. The Labute approximate surface area is 112 Å². The van der Waals surface area contributed by atoms with Gasteiger partial charge >= 0.3 is 0 Å². The van der Waals surface area contributed by atoms with E-state index in [1.54, 1.807) is 0 Å². The Morgan fingerprint density at radius 1 is 0.842 bits per heavy atom. The molecule has 0 amide bonds. The van der Waals surface area contributed by atoms with E-state index < -0.39 is 0 Å². The van der Waals surface area contributed by atoms with Crippen LogP contribution in [-0.4, -0.2) is 9.78 Å². The van der Waals surface area contributed by atoms with Crippen LogP contribution in [0, 0.1) is 0 Å². The second kappa shape index (κ2) is 5.48. The van der Waals surface area contributed by atoms with E-state index in [4.69, 9.17) is 0 Å². The largest absolute Gasteiger partial charge is 0.265 e. The molecule has 0 aliphatic carbocycles. The Bertz CT molecular complexity index is 573. The van der Waals surface area contributed by atoms with Crippen LogP contribution in [0.1, 0.15) is 11.1 Å². The molecule has 0 aliphatic heterocycles. The predicted molar refractivity (Wildman–Crippen MR) is 73.5 cm³/mol. The van der Waals surface area contributed by atoms with Crippen LogP contribution in [0.2, 0.25) is 0 Å². The van der Waals surface area contributed by atoms with Gasteiger partial charge in [-0.1, -0.05) is 60.7 Å². The van der Waals surface area contributed by atoms with Gasteiger partial charge in [-0.25, -0.2) is 4.57 Å². The van der Waals surface area contributed by atoms with Gasteiger partial charge in [0.05, 0.1) is 6.54 Å². The Balaban J connectivity index is 1.70. The Kier molecular flexibility index (Phi) is 3.36. The smallest absolute Gasteiger partial charge is 0.233 e. The molecular weight excluding hydrogens is 234 g/mol. The fourth-order valence-corrected chi connectivity index (χ4v) is 2.09. The van der Waals surface area contributed by atoms with Crippen molar-refractivity contribution >= 4 is 0 Å². The normalized spacial score (nSPS) is 10.5. The zero-order valence-electron chi connectivity index (χ0n) is 10.7. The summed E-state index contributed by atoms with van der Waals surface area (Å²) in [7, 11) is 0. The van der Waals surface area contributed by atoms with Crippen molar-refractivity contribution in [1.82, 2.24) is 9.78 Å². The van der Waals surface area contributed by atoms with E-state index in [2.05, 4.69) is 58.2 Å². The third-order valence-corrected chi connectivity index (χ3v) is 3.03. The topological polar surface area (TPSA) is 21.7 Å². The molecule has 0 N–H and O–H groups in total. The third kappa shape index (κ3) is 3.07. The number of nitrogens with zero attached hydrogens (tertiary/aromatic N) is 3. The van der Waals surface area contributed by atoms with Crippen molar-refractivity contribution in [3.63, 3.8) is 0 Å². The summed E-state index contributed by atoms with van der Waals surface area (Å²) in [5.74, 6) is 0. The molecule has 0 atom stereocenters. The molecule has 0 bridgehead atoms. The summed E-state index contributed by atoms with van der Waals surface area (Å²) in [5.41, 5.74) is 2.55. The maximum absolute atomic E-state index is 4.39. The number of rotatable bonds is 4. The second-order valence-corrected chi connectivity index (χ2v) is 4.59. The standard InChI is InChI=1S/C16H16N3/c1-3-7-15(8-4-1)11-18-13-17-19(14-18)12-16-9-5-2-6-10-16/h1-10,13-14H,11-12H2/q+1. The van der Waals surface area contributed by atoms with Gasteiger partial charge < -0.3 is 0 Å². The predicted octanol–water partition coefficient (Wildman–Crippen LogP) is 2.27. The van der Waals surface area contributed by atoms with E-state index in [1.165, 1.54) is 11.1 Å². The van der Waals surface area contributed by atoms with Gasteiger partial charge in [0.1, 0.15) is 6.54 Å². The maximum Gasteiger partial charge on any atom is 0.265 e. The highest BCUT2D eigenvalue weighted by Crippen LogP contribution is 2.00. The van der Waals surface area contributed by atoms with Crippen LogP contribution in [0.4, 0.5) is 0 Å². The monoisotopic (exact) mass is 250 g/mol. The first-order valence-electron chi connectivity index (χ1n) is 6.39. The first-order chi connectivity index (χ1) is 9.40. The summed E-state index contributed by atoms with van der Waals surface area (Å²) in [5, 5.41) is 4.39. The van der Waals surface area contributed by atoms with Crippen molar-refractivity contribution < 1.29 is 4.57 Å². The summed E-state index contributed by atoms with van der Waals surface area (Å²) < 4.78 is 4.05. The van der Waals surface area contributed by atoms with Crippen molar-refractivity contribution in [2.24, 2.45) is 0 Å². The van der Waals surface area contributed by atoms with Gasteiger partial charge in [-0.15, -0.1) is 4.68 Å². The third-order valence-electron chi connectivity index (χ3n) is 3.03. The first-order valence-corrected chi connectivity index (χ1v) is 6.39. The van der Waals surface area contributed by atoms with Gasteiger partial charge in [0, 0.05) is 5.10 Å². The van der Waals surface area contributed by atoms with E-state index in [0.29, 0.717) is 0 Å². The van der Waals surface area contributed by atoms with Crippen LogP contribution in [0.5, 0.6) is 0 Å². The van der Waals surface area contributed by atoms with Gasteiger partial charge in [-0.3, -0.25) is 0 Å². The van der Waals surface area contributed by atoms with Gasteiger partial charge in [-0.05, 0) is 11.1 Å². The first kappa shape index (κ1) is 11.7. The van der Waals surface area contributed by atoms with Crippen LogP contribution in [-0.2, 0) is 13.1 Å². The van der Waals surface area contributed by atoms with Gasteiger partial charge in [0.15, 0.2) is 0 Å². The summed E-state index contributed by atoms with van der Waals surface area (Å²) >= 11 is 0. The molecule has 1 aromatic heterocycles. The average molecular weight is 250 g/mol. The minimum Gasteiger partial charge on any atom is -0.233 e. The second-order valence-electron chi connectivity index (χ2n) is 4.59. The highest BCUT2D eigenvalue weighted by Gasteiger charge is 2.06. The summed E-state index contributed by atoms with van der Waals surface area (Å²) in [6, 6.07) is 20.8. The van der Waals surface area contributed by atoms with Crippen molar-refractivity contribution in [3.8, 4) is 0 Å². The molecule has 94 valence electrons. The lowest BCUT2D eigenvalue weighted by Gasteiger charge is -1.97. The molecule has 2 aromatic carbocycles. The maximum atomic E-state index is 4.39. The fraction of sp³-hybridized carbons (Fsp3) is 0.125. The lowest BCUT2D eigenvalue weighted by Crippen LogP contribution is -2.31. The highest BCUT2D eigenvalue weighted by molar-refractivity contribution is 5.14. The quantitative estimate of drug-likeness (QED) is 0.651. The van der Waals surface area contributed by atoms with E-state index in [-0.39, 0.29) is 0 Å². The molecule has 3 rings (SSSR count). The zero-order chi connectivity index (χ0) is 12.9. The average Bonchev–Trinajstić information content (AvgIpc) is 2.88. The molecule has 3 nitrogen and oxygen atoms in total. The molecule has 1 heterocycles. The Morgan fingerprint density at radius 2 is 1.47 bits per heavy atom. The van der Waals surface area contributed by atoms with Crippen LogP contribution in [0.25, 0.3) is 0 Å². The number of benzene rings is 2. The molecule has 0 aliphatic rings. The van der Waals surface area contributed by atoms with Gasteiger partial charge in [-0.2, -0.15) is 0 Å². The van der Waals surface area contributed by atoms with Crippen LogP contribution in [0.3, 0.4) is 0 Å². The summed E-state index contributed by atoms with van der Waals surface area (Å²) in [6.45, 7) is 1.66. The Morgan fingerprint density at radius 3 is 2.16 bits per heavy atom. The van der Waals surface area contributed by atoms with Gasteiger partial charge in [0.25, 0.3) is 6.33 Å². The Hall–Kier alpha value is -2.42. The van der Waals surface area contributed by atoms with Crippen LogP contribution >= 0.6 is 0 Å². The number of hydrogen-bond donors (Lipinski definition) is 0. The van der Waals surface area contributed by atoms with E-state index in [1.807, 2.05) is 29.5 Å². The molecule has 0 fully saturated rings. The van der Waals surface area contributed by atoms with Gasteiger partial charge in [0.2, 0.25) is 6.33 Å². The molecule has 3 heteroatoms. The van der Waals surface area contributed by atoms with Crippen molar-refractivity contribution in [1.29, 1.82) is 0 Å². The molecule has 0 saturated carbocycles. The molecular formula is C16H16N3+. The minimum atomic E-state index is 0.808. The number of hydrogen-bond acceptors (Lipinski definition) is 1. The SMILES string of the molecule is c1ccc(Cn2c[n+](Cc3ccccc3)cn2)cc1. The van der Waals surface area contributed by atoms with Crippen molar-refractivity contribution in [2.75, 3.05) is 0 Å². The molecule has 0 radical (unpaired) electrons. The van der Waals surface area contributed by atoms with E-state index >= 15 is 0 Å². The molecule has 3 aromatic rings. The fourth-order valence-electron chi connectivity index (χ4n) is 2.09. The zero-order valence-corrected chi connectivity index (χ0v) is 10.7. The van der Waals surface area contributed by atoms with E-state index in [0.717, 1.165) is 13.1 Å².